The molecule has 1 aromatic heterocycles. The highest BCUT2D eigenvalue weighted by Crippen LogP contribution is 2.29. The van der Waals surface area contributed by atoms with E-state index < -0.39 is 0 Å². The summed E-state index contributed by atoms with van der Waals surface area (Å²) in [6.45, 7) is 6.23. The zero-order valence-electron chi connectivity index (χ0n) is 19.4. The van der Waals surface area contributed by atoms with Crippen LogP contribution in [0.5, 0.6) is 5.75 Å². The van der Waals surface area contributed by atoms with Gasteiger partial charge in [-0.25, -0.2) is 4.98 Å². The molecule has 4 rings (SSSR count). The zero-order chi connectivity index (χ0) is 24.1. The van der Waals surface area contributed by atoms with Gasteiger partial charge in [0.2, 0.25) is 5.89 Å². The van der Waals surface area contributed by atoms with E-state index in [-0.39, 0.29) is 17.6 Å². The molecule has 0 saturated carbocycles. The van der Waals surface area contributed by atoms with Crippen LogP contribution >= 0.6 is 12.2 Å². The highest BCUT2D eigenvalue weighted by Gasteiger charge is 2.12. The number of thiocarbonyl (C=S) groups is 1. The van der Waals surface area contributed by atoms with Crippen LogP contribution in [-0.2, 0) is 4.79 Å². The molecule has 0 radical (unpaired) electrons. The third-order valence-electron chi connectivity index (χ3n) is 5.60. The van der Waals surface area contributed by atoms with Crippen LogP contribution in [-0.4, -0.2) is 22.6 Å². The summed E-state index contributed by atoms with van der Waals surface area (Å²) in [5, 5.41) is 5.84. The Hall–Kier alpha value is -3.71. The van der Waals surface area contributed by atoms with Crippen molar-refractivity contribution in [1.82, 2.24) is 10.3 Å². The van der Waals surface area contributed by atoms with E-state index in [2.05, 4.69) is 41.6 Å². The first kappa shape index (κ1) is 23.4. The maximum absolute atomic E-state index is 12.2. The number of nitrogens with one attached hydrogen (secondary N) is 2. The number of benzene rings is 3. The minimum absolute atomic E-state index is 0.132. The number of rotatable bonds is 7. The molecule has 7 heteroatoms. The molecule has 6 nitrogen and oxygen atoms in total. The largest absolute Gasteiger partial charge is 0.484 e. The number of carbonyl (C=O) groups excluding carboxylic acids is 1. The van der Waals surface area contributed by atoms with E-state index in [9.17, 15) is 4.79 Å². The molecule has 1 heterocycles. The Morgan fingerprint density at radius 3 is 2.68 bits per heavy atom. The summed E-state index contributed by atoms with van der Waals surface area (Å²) in [5.41, 5.74) is 5.48. The van der Waals surface area contributed by atoms with Crippen LogP contribution in [0.2, 0.25) is 0 Å². The lowest BCUT2D eigenvalue weighted by atomic mass is 9.98. The number of ether oxygens (including phenoxy) is 1. The molecule has 1 amide bonds. The second-order valence-corrected chi connectivity index (χ2v) is 8.65. The standard InChI is InChI=1S/C27H27N3O3S/c1-4-18(3)19-10-13-24-23(15-19)29-26(33-24)20-6-5-7-21(14-20)28-27(34)30-25(31)16-32-22-11-8-17(2)9-12-22/h5-15,18H,4,16H2,1-3H3,(H2,28,30,31,34)/t18-/m1/s1. The average molecular weight is 474 g/mol. The maximum atomic E-state index is 12.2. The smallest absolute Gasteiger partial charge is 0.264 e. The predicted molar refractivity (Wildman–Crippen MR) is 139 cm³/mol. The summed E-state index contributed by atoms with van der Waals surface area (Å²) in [7, 11) is 0. The Labute approximate surface area is 204 Å². The molecule has 0 aliphatic rings. The van der Waals surface area contributed by atoms with Crippen molar-refractivity contribution in [3.63, 3.8) is 0 Å². The Bertz CT molecular complexity index is 1310. The van der Waals surface area contributed by atoms with E-state index in [4.69, 9.17) is 21.4 Å². The van der Waals surface area contributed by atoms with Gasteiger partial charge in [-0.15, -0.1) is 0 Å². The second-order valence-electron chi connectivity index (χ2n) is 8.24. The van der Waals surface area contributed by atoms with Crippen LogP contribution in [0.4, 0.5) is 5.69 Å². The van der Waals surface area contributed by atoms with Crippen LogP contribution < -0.4 is 15.4 Å². The van der Waals surface area contributed by atoms with Gasteiger partial charge < -0.3 is 14.5 Å². The van der Waals surface area contributed by atoms with E-state index in [1.54, 1.807) is 0 Å². The third kappa shape index (κ3) is 5.80. The summed E-state index contributed by atoms with van der Waals surface area (Å²) in [5.74, 6) is 1.28. The fourth-order valence-electron chi connectivity index (χ4n) is 3.45. The summed E-state index contributed by atoms with van der Waals surface area (Å²) in [4.78, 5) is 16.9. The monoisotopic (exact) mass is 473 g/mol. The number of hydrogen-bond donors (Lipinski definition) is 2. The summed E-state index contributed by atoms with van der Waals surface area (Å²) >= 11 is 5.29. The zero-order valence-corrected chi connectivity index (χ0v) is 20.2. The van der Waals surface area contributed by atoms with Gasteiger partial charge in [-0.2, -0.15) is 0 Å². The first-order chi connectivity index (χ1) is 16.4. The Balaban J connectivity index is 1.38. The number of nitrogens with zero attached hydrogens (tertiary/aromatic N) is 1. The Morgan fingerprint density at radius 2 is 1.91 bits per heavy atom. The van der Waals surface area contributed by atoms with Crippen LogP contribution in [0.15, 0.2) is 71.1 Å². The predicted octanol–water partition coefficient (Wildman–Crippen LogP) is 6.21. The van der Waals surface area contributed by atoms with Crippen molar-refractivity contribution in [2.45, 2.75) is 33.1 Å². The van der Waals surface area contributed by atoms with Gasteiger partial charge in [-0.1, -0.05) is 43.7 Å². The molecule has 4 aromatic rings. The highest BCUT2D eigenvalue weighted by molar-refractivity contribution is 7.80. The fourth-order valence-corrected chi connectivity index (χ4v) is 3.68. The second kappa shape index (κ2) is 10.5. The van der Waals surface area contributed by atoms with Gasteiger partial charge in [0, 0.05) is 11.3 Å². The van der Waals surface area contributed by atoms with E-state index in [0.29, 0.717) is 23.2 Å². The van der Waals surface area contributed by atoms with Crippen LogP contribution in [0.3, 0.4) is 0 Å². The molecular formula is C27H27N3O3S. The molecule has 1 atom stereocenters. The van der Waals surface area contributed by atoms with Crippen LogP contribution in [0.1, 0.15) is 37.3 Å². The number of fused-ring (bicyclic) bond motifs is 1. The molecule has 34 heavy (non-hydrogen) atoms. The molecule has 0 saturated heterocycles. The normalized spacial score (nSPS) is 11.7. The third-order valence-corrected chi connectivity index (χ3v) is 5.81. The first-order valence-corrected chi connectivity index (χ1v) is 11.6. The number of carbonyl (C=O) groups is 1. The number of amides is 1. The molecule has 174 valence electrons. The van der Waals surface area contributed by atoms with Crippen molar-refractivity contribution in [3.8, 4) is 17.2 Å². The number of aryl methyl sites for hydroxylation is 1. The lowest BCUT2D eigenvalue weighted by molar-refractivity contribution is -0.121. The molecule has 2 N–H and O–H groups in total. The summed E-state index contributed by atoms with van der Waals surface area (Å²) in [6.07, 6.45) is 1.07. The number of hydrogen-bond acceptors (Lipinski definition) is 5. The average Bonchev–Trinajstić information content (AvgIpc) is 3.27. The van der Waals surface area contributed by atoms with Crippen molar-refractivity contribution >= 4 is 40.0 Å². The van der Waals surface area contributed by atoms with E-state index in [0.717, 1.165) is 28.6 Å². The molecule has 3 aromatic carbocycles. The van der Waals surface area contributed by atoms with Crippen molar-refractivity contribution in [2.24, 2.45) is 0 Å². The summed E-state index contributed by atoms with van der Waals surface area (Å²) < 4.78 is 11.5. The van der Waals surface area contributed by atoms with Gasteiger partial charge in [0.25, 0.3) is 5.91 Å². The van der Waals surface area contributed by atoms with Gasteiger partial charge >= 0.3 is 0 Å². The molecule has 0 bridgehead atoms. The lowest BCUT2D eigenvalue weighted by Gasteiger charge is -2.11. The fraction of sp³-hybridized carbons (Fsp3) is 0.222. The first-order valence-electron chi connectivity index (χ1n) is 11.2. The topological polar surface area (TPSA) is 76.4 Å². The molecule has 0 aliphatic carbocycles. The van der Waals surface area contributed by atoms with Crippen LogP contribution in [0.25, 0.3) is 22.6 Å². The van der Waals surface area contributed by atoms with E-state index >= 15 is 0 Å². The number of anilines is 1. The van der Waals surface area contributed by atoms with Crippen molar-refractivity contribution in [3.05, 3.63) is 77.9 Å². The minimum Gasteiger partial charge on any atom is -0.484 e. The lowest BCUT2D eigenvalue weighted by Crippen LogP contribution is -2.37. The van der Waals surface area contributed by atoms with Crippen molar-refractivity contribution in [1.29, 1.82) is 0 Å². The minimum atomic E-state index is -0.342. The Kier molecular flexibility index (Phi) is 7.23. The van der Waals surface area contributed by atoms with E-state index in [1.807, 2.05) is 61.5 Å². The molecule has 0 aliphatic heterocycles. The number of aromatic nitrogens is 1. The van der Waals surface area contributed by atoms with Crippen molar-refractivity contribution in [2.75, 3.05) is 11.9 Å². The van der Waals surface area contributed by atoms with Gasteiger partial charge in [-0.3, -0.25) is 10.1 Å². The van der Waals surface area contributed by atoms with Gasteiger partial charge in [0.15, 0.2) is 17.3 Å². The van der Waals surface area contributed by atoms with E-state index in [1.165, 1.54) is 5.56 Å². The highest BCUT2D eigenvalue weighted by atomic mass is 32.1. The maximum Gasteiger partial charge on any atom is 0.264 e. The Morgan fingerprint density at radius 1 is 1.12 bits per heavy atom. The number of oxazole rings is 1. The van der Waals surface area contributed by atoms with Gasteiger partial charge in [-0.05, 0) is 79.5 Å². The summed E-state index contributed by atoms with van der Waals surface area (Å²) in [6, 6.07) is 21.2. The van der Waals surface area contributed by atoms with Gasteiger partial charge in [0.05, 0.1) is 0 Å². The molecule has 0 fully saturated rings. The quantitative estimate of drug-likeness (QED) is 0.311. The van der Waals surface area contributed by atoms with Crippen molar-refractivity contribution < 1.29 is 13.9 Å². The molecule has 0 spiro atoms. The van der Waals surface area contributed by atoms with Gasteiger partial charge in [0.1, 0.15) is 11.3 Å². The molecule has 0 unspecified atom stereocenters. The molecular weight excluding hydrogens is 446 g/mol. The SMILES string of the molecule is CC[C@@H](C)c1ccc2oc(-c3cccc(NC(=S)NC(=O)COc4ccc(C)cc4)c3)nc2c1. The van der Waals surface area contributed by atoms with Crippen LogP contribution in [0, 0.1) is 6.92 Å².